The molecule has 2 rings (SSSR count). The number of carbonyl (C=O) groups is 3. The van der Waals surface area contributed by atoms with E-state index in [2.05, 4.69) is 10.6 Å². The fourth-order valence-corrected chi connectivity index (χ4v) is 5.06. The maximum absolute atomic E-state index is 14.6. The van der Waals surface area contributed by atoms with Crippen LogP contribution in [0.2, 0.25) is 19.6 Å². The van der Waals surface area contributed by atoms with Gasteiger partial charge < -0.3 is 20.5 Å². The first kappa shape index (κ1) is 27.1. The SMILES string of the molecule is COCc1ccc([C@@H](NC(=O)CCCC(=O)O)C(=O)Nc2cc(F)c([Si](C)(C)C)c(F)c2)cc1. The van der Waals surface area contributed by atoms with Crippen LogP contribution in [0.15, 0.2) is 36.4 Å². The van der Waals surface area contributed by atoms with E-state index in [0.717, 1.165) is 17.7 Å². The van der Waals surface area contributed by atoms with Gasteiger partial charge in [0.15, 0.2) is 0 Å². The Morgan fingerprint density at radius 2 is 1.62 bits per heavy atom. The number of carbonyl (C=O) groups excluding carboxylic acids is 2. The van der Waals surface area contributed by atoms with Crippen LogP contribution in [0.3, 0.4) is 0 Å². The van der Waals surface area contributed by atoms with Crippen molar-refractivity contribution >= 4 is 36.7 Å². The molecule has 2 amide bonds. The molecule has 10 heteroatoms. The number of aliphatic carboxylic acids is 1. The molecule has 0 fully saturated rings. The molecular formula is C24H30F2N2O5Si. The van der Waals surface area contributed by atoms with E-state index in [1.807, 2.05) is 19.6 Å². The molecule has 7 nitrogen and oxygen atoms in total. The van der Waals surface area contributed by atoms with Gasteiger partial charge in [0, 0.05) is 30.8 Å². The quantitative estimate of drug-likeness (QED) is 0.415. The Bertz CT molecular complexity index is 1020. The molecule has 0 radical (unpaired) electrons. The lowest BCUT2D eigenvalue weighted by Crippen LogP contribution is -2.42. The molecule has 2 aromatic rings. The number of anilines is 1. The summed E-state index contributed by atoms with van der Waals surface area (Å²) in [5, 5.41) is 13.9. The van der Waals surface area contributed by atoms with E-state index in [-0.39, 0.29) is 30.1 Å². The van der Waals surface area contributed by atoms with Crippen molar-refractivity contribution in [2.24, 2.45) is 0 Å². The third kappa shape index (κ3) is 7.74. The van der Waals surface area contributed by atoms with Crippen LogP contribution in [0, 0.1) is 11.6 Å². The van der Waals surface area contributed by atoms with Crippen molar-refractivity contribution in [2.75, 3.05) is 12.4 Å². The molecule has 0 aliphatic carbocycles. The second-order valence-corrected chi connectivity index (χ2v) is 14.0. The Hall–Kier alpha value is -3.11. The molecule has 0 unspecified atom stereocenters. The van der Waals surface area contributed by atoms with Crippen molar-refractivity contribution in [3.8, 4) is 0 Å². The number of nitrogens with one attached hydrogen (secondary N) is 2. The van der Waals surface area contributed by atoms with Gasteiger partial charge >= 0.3 is 5.97 Å². The minimum absolute atomic E-state index is 0.0440. The van der Waals surface area contributed by atoms with Gasteiger partial charge in [-0.25, -0.2) is 8.78 Å². The van der Waals surface area contributed by atoms with Crippen molar-refractivity contribution < 1.29 is 33.0 Å². The van der Waals surface area contributed by atoms with Gasteiger partial charge in [-0.3, -0.25) is 14.4 Å². The maximum atomic E-state index is 14.6. The second kappa shape index (κ2) is 11.8. The summed E-state index contributed by atoms with van der Waals surface area (Å²) in [6, 6.07) is 7.74. The first-order chi connectivity index (χ1) is 15.9. The van der Waals surface area contributed by atoms with E-state index in [9.17, 15) is 23.2 Å². The number of carboxylic acid groups (broad SMARTS) is 1. The van der Waals surface area contributed by atoms with Gasteiger partial charge in [0.25, 0.3) is 5.91 Å². The van der Waals surface area contributed by atoms with Gasteiger partial charge in [0.2, 0.25) is 5.91 Å². The average molecular weight is 493 g/mol. The standard InChI is InChI=1S/C24H30F2N2O5Si/c1-33-14-15-8-10-16(11-9-15)22(28-20(29)6-5-7-21(30)31)24(32)27-17-12-18(25)23(19(26)13-17)34(2,3)4/h8-13,22H,5-7,14H2,1-4H3,(H,27,32)(H,28,29)(H,30,31)/t22-/m1/s1. The molecule has 0 aromatic heterocycles. The Labute approximate surface area is 198 Å². The van der Waals surface area contributed by atoms with Crippen molar-refractivity contribution in [2.45, 2.75) is 51.6 Å². The summed E-state index contributed by atoms with van der Waals surface area (Å²) in [6.07, 6.45) is -0.166. The molecule has 34 heavy (non-hydrogen) atoms. The lowest BCUT2D eigenvalue weighted by Gasteiger charge is -2.21. The third-order valence-corrected chi connectivity index (χ3v) is 7.02. The van der Waals surface area contributed by atoms with E-state index in [0.29, 0.717) is 12.2 Å². The molecule has 3 N–H and O–H groups in total. The topological polar surface area (TPSA) is 105 Å². The van der Waals surface area contributed by atoms with Gasteiger partial charge in [-0.15, -0.1) is 0 Å². The van der Waals surface area contributed by atoms with Crippen LogP contribution in [-0.2, 0) is 25.7 Å². The van der Waals surface area contributed by atoms with Crippen molar-refractivity contribution in [3.63, 3.8) is 0 Å². The smallest absolute Gasteiger partial charge is 0.303 e. The molecule has 0 aliphatic rings. The fraction of sp³-hybridized carbons (Fsp3) is 0.375. The molecule has 0 saturated heterocycles. The van der Waals surface area contributed by atoms with Gasteiger partial charge in [-0.1, -0.05) is 43.9 Å². The predicted molar refractivity (Wildman–Crippen MR) is 127 cm³/mol. The van der Waals surface area contributed by atoms with E-state index in [1.54, 1.807) is 31.4 Å². The van der Waals surface area contributed by atoms with Crippen LogP contribution in [0.25, 0.3) is 0 Å². The largest absolute Gasteiger partial charge is 0.481 e. The number of halogens is 2. The Morgan fingerprint density at radius 1 is 1.03 bits per heavy atom. The van der Waals surface area contributed by atoms with Crippen LogP contribution in [0.4, 0.5) is 14.5 Å². The van der Waals surface area contributed by atoms with Gasteiger partial charge in [0.1, 0.15) is 17.7 Å². The van der Waals surface area contributed by atoms with E-state index in [4.69, 9.17) is 9.84 Å². The number of hydrogen-bond donors (Lipinski definition) is 3. The minimum atomic E-state index is -2.29. The molecule has 0 bridgehead atoms. The second-order valence-electron chi connectivity index (χ2n) is 8.98. The zero-order chi connectivity index (χ0) is 25.5. The van der Waals surface area contributed by atoms with Gasteiger partial charge in [-0.05, 0) is 29.7 Å². The number of methoxy groups -OCH3 is 1. The minimum Gasteiger partial charge on any atom is -0.481 e. The molecular weight excluding hydrogens is 462 g/mol. The van der Waals surface area contributed by atoms with Crippen LogP contribution in [-0.4, -0.2) is 38.1 Å². The van der Waals surface area contributed by atoms with Crippen molar-refractivity contribution in [1.82, 2.24) is 5.32 Å². The van der Waals surface area contributed by atoms with E-state index in [1.165, 1.54) is 0 Å². The third-order valence-electron chi connectivity index (χ3n) is 5.05. The summed E-state index contributed by atoms with van der Waals surface area (Å²) in [5.74, 6) is -3.69. The molecule has 0 spiro atoms. The Balaban J connectivity index is 2.28. The maximum Gasteiger partial charge on any atom is 0.303 e. The number of ether oxygens (including phenoxy) is 1. The van der Waals surface area contributed by atoms with Crippen LogP contribution < -0.4 is 15.8 Å². The molecule has 1 atom stereocenters. The summed E-state index contributed by atoms with van der Waals surface area (Å²) >= 11 is 0. The zero-order valence-electron chi connectivity index (χ0n) is 19.7. The highest BCUT2D eigenvalue weighted by molar-refractivity contribution is 6.88. The van der Waals surface area contributed by atoms with E-state index >= 15 is 0 Å². The van der Waals surface area contributed by atoms with E-state index < -0.39 is 43.5 Å². The fourth-order valence-electron chi connectivity index (χ4n) is 3.48. The number of benzene rings is 2. The average Bonchev–Trinajstić information content (AvgIpc) is 2.71. The zero-order valence-corrected chi connectivity index (χ0v) is 20.7. The van der Waals surface area contributed by atoms with Crippen molar-refractivity contribution in [1.29, 1.82) is 0 Å². The van der Waals surface area contributed by atoms with Crippen LogP contribution in [0.5, 0.6) is 0 Å². The number of hydrogen-bond acceptors (Lipinski definition) is 4. The first-order valence-corrected chi connectivity index (χ1v) is 14.3. The lowest BCUT2D eigenvalue weighted by atomic mass is 10.0. The summed E-state index contributed by atoms with van der Waals surface area (Å²) in [7, 11) is -0.738. The normalized spacial score (nSPS) is 12.2. The molecule has 0 aliphatic heterocycles. The molecule has 0 heterocycles. The summed E-state index contributed by atoms with van der Waals surface area (Å²) < 4.78 is 34.3. The van der Waals surface area contributed by atoms with Crippen molar-refractivity contribution in [3.05, 3.63) is 59.2 Å². The number of amides is 2. The Kier molecular flexibility index (Phi) is 9.45. The summed E-state index contributed by atoms with van der Waals surface area (Å²) in [5.41, 5.74) is 1.23. The highest BCUT2D eigenvalue weighted by atomic mass is 28.3. The van der Waals surface area contributed by atoms with Gasteiger partial charge in [0.05, 0.1) is 14.7 Å². The van der Waals surface area contributed by atoms with Crippen LogP contribution >= 0.6 is 0 Å². The Morgan fingerprint density at radius 3 is 2.12 bits per heavy atom. The highest BCUT2D eigenvalue weighted by Crippen LogP contribution is 2.20. The predicted octanol–water partition coefficient (Wildman–Crippen LogP) is 3.71. The summed E-state index contributed by atoms with van der Waals surface area (Å²) in [4.78, 5) is 36.1. The van der Waals surface area contributed by atoms with Crippen LogP contribution in [0.1, 0.15) is 36.4 Å². The lowest BCUT2D eigenvalue weighted by molar-refractivity contribution is -0.137. The van der Waals surface area contributed by atoms with Gasteiger partial charge in [-0.2, -0.15) is 0 Å². The first-order valence-electron chi connectivity index (χ1n) is 10.8. The summed E-state index contributed by atoms with van der Waals surface area (Å²) in [6.45, 7) is 5.81. The monoisotopic (exact) mass is 492 g/mol. The number of carboxylic acids is 1. The number of rotatable bonds is 11. The molecule has 184 valence electrons. The highest BCUT2D eigenvalue weighted by Gasteiger charge is 2.27. The molecule has 2 aromatic carbocycles. The molecule has 0 saturated carbocycles.